The van der Waals surface area contributed by atoms with E-state index in [0.29, 0.717) is 25.8 Å². The molecule has 1 aliphatic rings. The van der Waals surface area contributed by atoms with E-state index in [9.17, 15) is 22.4 Å². The van der Waals surface area contributed by atoms with Crippen molar-refractivity contribution in [2.45, 2.75) is 29.5 Å². The highest BCUT2D eigenvalue weighted by Crippen LogP contribution is 2.28. The summed E-state index contributed by atoms with van der Waals surface area (Å²) in [5.74, 6) is -1.92. The molecule has 0 radical (unpaired) electrons. The lowest BCUT2D eigenvalue weighted by atomic mass is 10.1. The van der Waals surface area contributed by atoms with Crippen molar-refractivity contribution in [1.29, 1.82) is 0 Å². The Labute approximate surface area is 173 Å². The van der Waals surface area contributed by atoms with E-state index in [4.69, 9.17) is 0 Å². The van der Waals surface area contributed by atoms with Gasteiger partial charge in [-0.3, -0.25) is 9.59 Å². The SMILES string of the molecule is O=C(NCCc1ccc(F)cc1)C(=O)NC[C@H]1CCCN1S(=O)(=O)c1cccs1. The Bertz CT molecular complexity index is 946. The summed E-state index contributed by atoms with van der Waals surface area (Å²) in [5.41, 5.74) is 0.840. The molecule has 29 heavy (non-hydrogen) atoms. The molecule has 1 aliphatic heterocycles. The smallest absolute Gasteiger partial charge is 0.309 e. The molecule has 2 amide bonds. The van der Waals surface area contributed by atoms with Crippen LogP contribution in [0.4, 0.5) is 4.39 Å². The van der Waals surface area contributed by atoms with Gasteiger partial charge < -0.3 is 10.6 Å². The summed E-state index contributed by atoms with van der Waals surface area (Å²) in [4.78, 5) is 24.0. The van der Waals surface area contributed by atoms with Gasteiger partial charge in [0.15, 0.2) is 0 Å². The Morgan fingerprint density at radius 2 is 1.86 bits per heavy atom. The van der Waals surface area contributed by atoms with Crippen molar-refractivity contribution in [3.63, 3.8) is 0 Å². The van der Waals surface area contributed by atoms with E-state index in [2.05, 4.69) is 10.6 Å². The standard InChI is InChI=1S/C19H22FN3O4S2/c20-15-7-5-14(6-8-15)9-10-21-18(24)19(25)22-13-16-3-1-11-23(16)29(26,27)17-4-2-12-28-17/h2,4-8,12,16H,1,3,9-11,13H2,(H,21,24)(H,22,25)/t16-/m1/s1. The first-order chi connectivity index (χ1) is 13.9. The second-order valence-corrected chi connectivity index (χ2v) is 9.75. The van der Waals surface area contributed by atoms with Crippen molar-refractivity contribution in [3.05, 3.63) is 53.2 Å². The van der Waals surface area contributed by atoms with E-state index in [-0.39, 0.29) is 29.2 Å². The van der Waals surface area contributed by atoms with Gasteiger partial charge in [0.2, 0.25) is 0 Å². The average Bonchev–Trinajstić information content (AvgIpc) is 3.40. The molecule has 0 aliphatic carbocycles. The predicted octanol–water partition coefficient (Wildman–Crippen LogP) is 1.52. The second-order valence-electron chi connectivity index (χ2n) is 6.69. The zero-order valence-corrected chi connectivity index (χ0v) is 17.3. The van der Waals surface area contributed by atoms with Crippen molar-refractivity contribution in [3.8, 4) is 0 Å². The number of hydrogen-bond donors (Lipinski definition) is 2. The van der Waals surface area contributed by atoms with Gasteiger partial charge in [-0.2, -0.15) is 4.31 Å². The van der Waals surface area contributed by atoms with Gasteiger partial charge in [0, 0.05) is 25.7 Å². The van der Waals surface area contributed by atoms with Gasteiger partial charge in [-0.05, 0) is 48.4 Å². The Balaban J connectivity index is 1.46. The van der Waals surface area contributed by atoms with E-state index in [1.165, 1.54) is 16.4 Å². The highest BCUT2D eigenvalue weighted by Gasteiger charge is 2.36. The fourth-order valence-corrected chi connectivity index (χ4v) is 6.01. The van der Waals surface area contributed by atoms with Crippen molar-refractivity contribution in [2.24, 2.45) is 0 Å². The van der Waals surface area contributed by atoms with Gasteiger partial charge in [-0.25, -0.2) is 12.8 Å². The number of sulfonamides is 1. The molecule has 2 heterocycles. The number of hydrogen-bond acceptors (Lipinski definition) is 5. The van der Waals surface area contributed by atoms with E-state index in [1.807, 2.05) is 0 Å². The Hall–Kier alpha value is -2.30. The molecule has 1 atom stereocenters. The fraction of sp³-hybridized carbons (Fsp3) is 0.368. The largest absolute Gasteiger partial charge is 0.348 e. The van der Waals surface area contributed by atoms with E-state index in [1.54, 1.807) is 29.6 Å². The number of thiophene rings is 1. The van der Waals surface area contributed by atoms with Gasteiger partial charge in [0.25, 0.3) is 10.0 Å². The van der Waals surface area contributed by atoms with Crippen molar-refractivity contribution < 1.29 is 22.4 Å². The molecule has 0 bridgehead atoms. The predicted molar refractivity (Wildman–Crippen MR) is 107 cm³/mol. The molecule has 1 aromatic carbocycles. The summed E-state index contributed by atoms with van der Waals surface area (Å²) in [6.07, 6.45) is 1.79. The minimum Gasteiger partial charge on any atom is -0.348 e. The van der Waals surface area contributed by atoms with E-state index >= 15 is 0 Å². The van der Waals surface area contributed by atoms with Crippen LogP contribution in [-0.2, 0) is 26.0 Å². The molecule has 1 fully saturated rings. The molecule has 156 valence electrons. The van der Waals surface area contributed by atoms with Crippen LogP contribution in [0.3, 0.4) is 0 Å². The Kier molecular flexibility index (Phi) is 6.99. The number of nitrogens with zero attached hydrogens (tertiary/aromatic N) is 1. The van der Waals surface area contributed by atoms with Crippen LogP contribution in [0.5, 0.6) is 0 Å². The molecule has 2 aromatic rings. The van der Waals surface area contributed by atoms with E-state index < -0.39 is 21.8 Å². The van der Waals surface area contributed by atoms with Crippen LogP contribution in [0, 0.1) is 5.82 Å². The molecule has 1 saturated heterocycles. The topological polar surface area (TPSA) is 95.6 Å². The lowest BCUT2D eigenvalue weighted by Gasteiger charge is -2.23. The van der Waals surface area contributed by atoms with Crippen LogP contribution < -0.4 is 10.6 Å². The number of halogens is 1. The van der Waals surface area contributed by atoms with Gasteiger partial charge in [-0.15, -0.1) is 11.3 Å². The Morgan fingerprint density at radius 3 is 2.55 bits per heavy atom. The Morgan fingerprint density at radius 1 is 1.14 bits per heavy atom. The lowest BCUT2D eigenvalue weighted by molar-refractivity contribution is -0.139. The first kappa shape index (κ1) is 21.4. The zero-order chi connectivity index (χ0) is 20.9. The van der Waals surface area contributed by atoms with Crippen LogP contribution in [-0.4, -0.2) is 50.2 Å². The van der Waals surface area contributed by atoms with Crippen LogP contribution in [0.2, 0.25) is 0 Å². The minimum absolute atomic E-state index is 0.0782. The average molecular weight is 440 g/mol. The molecule has 7 nitrogen and oxygen atoms in total. The highest BCUT2D eigenvalue weighted by molar-refractivity contribution is 7.91. The van der Waals surface area contributed by atoms with Gasteiger partial charge in [0.1, 0.15) is 10.0 Å². The van der Waals surface area contributed by atoms with Crippen molar-refractivity contribution in [2.75, 3.05) is 19.6 Å². The fourth-order valence-electron chi connectivity index (χ4n) is 3.20. The summed E-state index contributed by atoms with van der Waals surface area (Å²) < 4.78 is 39.9. The zero-order valence-electron chi connectivity index (χ0n) is 15.6. The minimum atomic E-state index is -3.59. The van der Waals surface area contributed by atoms with Crippen LogP contribution >= 0.6 is 11.3 Å². The maximum absolute atomic E-state index is 12.9. The van der Waals surface area contributed by atoms with E-state index in [0.717, 1.165) is 16.9 Å². The first-order valence-electron chi connectivity index (χ1n) is 9.24. The molecule has 0 saturated carbocycles. The number of rotatable bonds is 7. The third kappa shape index (κ3) is 5.40. The number of benzene rings is 1. The van der Waals surface area contributed by atoms with Gasteiger partial charge in [-0.1, -0.05) is 18.2 Å². The number of amides is 2. The molecular weight excluding hydrogens is 417 g/mol. The normalized spacial score (nSPS) is 17.2. The molecule has 0 spiro atoms. The molecule has 3 rings (SSSR count). The number of nitrogens with one attached hydrogen (secondary N) is 2. The quantitative estimate of drug-likeness (QED) is 0.640. The van der Waals surface area contributed by atoms with Crippen LogP contribution in [0.15, 0.2) is 46.0 Å². The molecule has 2 N–H and O–H groups in total. The van der Waals surface area contributed by atoms with Crippen molar-refractivity contribution in [1.82, 2.24) is 14.9 Å². The van der Waals surface area contributed by atoms with Crippen LogP contribution in [0.1, 0.15) is 18.4 Å². The highest BCUT2D eigenvalue weighted by atomic mass is 32.2. The third-order valence-electron chi connectivity index (χ3n) is 4.70. The molecule has 10 heteroatoms. The summed E-state index contributed by atoms with van der Waals surface area (Å²) in [6.45, 7) is 0.708. The monoisotopic (exact) mass is 439 g/mol. The van der Waals surface area contributed by atoms with Gasteiger partial charge in [0.05, 0.1) is 0 Å². The van der Waals surface area contributed by atoms with Crippen molar-refractivity contribution >= 4 is 33.2 Å². The summed E-state index contributed by atoms with van der Waals surface area (Å²) in [7, 11) is -3.59. The third-order valence-corrected chi connectivity index (χ3v) is 8.02. The molecular formula is C19H22FN3O4S2. The van der Waals surface area contributed by atoms with Crippen LogP contribution in [0.25, 0.3) is 0 Å². The van der Waals surface area contributed by atoms with Gasteiger partial charge >= 0.3 is 11.8 Å². The number of carbonyl (C=O) groups is 2. The number of carbonyl (C=O) groups excluding carboxylic acids is 2. The first-order valence-corrected chi connectivity index (χ1v) is 11.6. The molecule has 1 aromatic heterocycles. The lowest BCUT2D eigenvalue weighted by Crippen LogP contribution is -2.47. The summed E-state index contributed by atoms with van der Waals surface area (Å²) >= 11 is 1.15. The maximum atomic E-state index is 12.9. The molecule has 0 unspecified atom stereocenters. The summed E-state index contributed by atoms with van der Waals surface area (Å²) in [5, 5.41) is 6.74. The second kappa shape index (κ2) is 9.47. The maximum Gasteiger partial charge on any atom is 0.309 e. The summed E-state index contributed by atoms with van der Waals surface area (Å²) in [6, 6.07) is 8.76.